The summed E-state index contributed by atoms with van der Waals surface area (Å²) in [5, 5.41) is 1.33. The molecule has 0 aliphatic rings. The fraction of sp³-hybridized carbons (Fsp3) is 0.263. The third-order valence-electron chi connectivity index (χ3n) is 4.03. The van der Waals surface area contributed by atoms with E-state index >= 15 is 0 Å². The van der Waals surface area contributed by atoms with Crippen molar-refractivity contribution in [3.63, 3.8) is 0 Å². The first-order chi connectivity index (χ1) is 14.5. The molecule has 0 saturated carbocycles. The zero-order valence-corrected chi connectivity index (χ0v) is 17.5. The molecule has 1 N–H and O–H groups in total. The van der Waals surface area contributed by atoms with Gasteiger partial charge in [-0.25, -0.2) is 26.3 Å². The summed E-state index contributed by atoms with van der Waals surface area (Å²) < 4.78 is 87.2. The minimum absolute atomic E-state index is 0.0244. The van der Waals surface area contributed by atoms with Crippen molar-refractivity contribution >= 4 is 35.2 Å². The predicted molar refractivity (Wildman–Crippen MR) is 102 cm³/mol. The van der Waals surface area contributed by atoms with E-state index in [9.17, 15) is 35.9 Å². The summed E-state index contributed by atoms with van der Waals surface area (Å²) in [5.74, 6) is -13.7. The van der Waals surface area contributed by atoms with Crippen LogP contribution in [0.4, 0.5) is 26.3 Å². The number of ether oxygens (including phenoxy) is 1. The van der Waals surface area contributed by atoms with Crippen LogP contribution in [-0.2, 0) is 14.3 Å². The zero-order chi connectivity index (χ0) is 23.5. The molecule has 0 aliphatic heterocycles. The number of halogens is 7. The topological polar surface area (TPSA) is 55.4 Å². The van der Waals surface area contributed by atoms with Gasteiger partial charge in [0.05, 0.1) is 29.4 Å². The molecule has 2 rings (SSSR count). The number of rotatable bonds is 7. The molecule has 0 spiro atoms. The molecule has 1 amide bonds. The minimum atomic E-state index is -2.38. The van der Waals surface area contributed by atoms with Gasteiger partial charge in [0.1, 0.15) is 5.82 Å². The van der Waals surface area contributed by atoms with E-state index in [1.54, 1.807) is 0 Å². The molecule has 31 heavy (non-hydrogen) atoms. The van der Waals surface area contributed by atoms with Gasteiger partial charge >= 0.3 is 5.97 Å². The van der Waals surface area contributed by atoms with Gasteiger partial charge in [0, 0.05) is 17.0 Å². The highest BCUT2D eigenvalue weighted by Gasteiger charge is 2.29. The summed E-state index contributed by atoms with van der Waals surface area (Å²) >= 11 is 6.67. The van der Waals surface area contributed by atoms with Crippen molar-refractivity contribution in [2.75, 3.05) is 13.7 Å². The average Bonchev–Trinajstić information content (AvgIpc) is 2.73. The lowest BCUT2D eigenvalue weighted by Gasteiger charge is -2.15. The number of nitrogens with one attached hydrogen (secondary N) is 1. The van der Waals surface area contributed by atoms with E-state index in [0.29, 0.717) is 6.07 Å². The van der Waals surface area contributed by atoms with Gasteiger partial charge in [0.2, 0.25) is 11.7 Å². The highest BCUT2D eigenvalue weighted by molar-refractivity contribution is 8.00. The minimum Gasteiger partial charge on any atom is -0.469 e. The lowest BCUT2D eigenvalue weighted by atomic mass is 10.0. The van der Waals surface area contributed by atoms with Gasteiger partial charge in [-0.2, -0.15) is 0 Å². The van der Waals surface area contributed by atoms with Crippen LogP contribution in [0.3, 0.4) is 0 Å². The number of carbonyl (C=O) groups excluding carboxylic acids is 2. The largest absolute Gasteiger partial charge is 0.469 e. The second-order valence-electron chi connectivity index (χ2n) is 6.08. The maximum absolute atomic E-state index is 14.3. The van der Waals surface area contributed by atoms with Crippen LogP contribution in [0.2, 0.25) is 5.02 Å². The van der Waals surface area contributed by atoms with Crippen molar-refractivity contribution in [3.8, 4) is 11.1 Å². The van der Waals surface area contributed by atoms with Gasteiger partial charge in [-0.15, -0.1) is 11.8 Å². The third-order valence-corrected chi connectivity index (χ3v) is 5.61. The molecule has 0 aliphatic carbocycles. The second-order valence-corrected chi connectivity index (χ2v) is 7.87. The van der Waals surface area contributed by atoms with Crippen LogP contribution in [0.5, 0.6) is 0 Å². The van der Waals surface area contributed by atoms with Crippen LogP contribution in [0.1, 0.15) is 13.3 Å². The number of hydrogen-bond donors (Lipinski definition) is 1. The van der Waals surface area contributed by atoms with Crippen LogP contribution >= 0.6 is 23.4 Å². The van der Waals surface area contributed by atoms with E-state index < -0.39 is 63.2 Å². The first-order valence-electron chi connectivity index (χ1n) is 8.51. The molecule has 0 fully saturated rings. The molecular weight excluding hydrogens is 472 g/mol. The number of hydrogen-bond acceptors (Lipinski definition) is 4. The monoisotopic (exact) mass is 485 g/mol. The van der Waals surface area contributed by atoms with Gasteiger partial charge < -0.3 is 10.1 Å². The Hall–Kier alpha value is -2.40. The lowest BCUT2D eigenvalue weighted by Crippen LogP contribution is -2.32. The van der Waals surface area contributed by atoms with E-state index in [1.165, 1.54) is 14.0 Å². The van der Waals surface area contributed by atoms with E-state index in [0.717, 1.165) is 17.8 Å². The molecule has 0 bridgehead atoms. The summed E-state index contributed by atoms with van der Waals surface area (Å²) in [6.45, 7) is 1.40. The van der Waals surface area contributed by atoms with Crippen LogP contribution in [-0.4, -0.2) is 30.8 Å². The van der Waals surface area contributed by atoms with Crippen molar-refractivity contribution in [1.82, 2.24) is 5.32 Å². The van der Waals surface area contributed by atoms with Crippen molar-refractivity contribution in [3.05, 3.63) is 52.1 Å². The third kappa shape index (κ3) is 5.45. The van der Waals surface area contributed by atoms with Gasteiger partial charge in [-0.3, -0.25) is 9.59 Å². The van der Waals surface area contributed by atoms with Crippen LogP contribution in [0.25, 0.3) is 11.1 Å². The van der Waals surface area contributed by atoms with Gasteiger partial charge in [-0.05, 0) is 19.1 Å². The smallest absolute Gasteiger partial charge is 0.307 e. The maximum Gasteiger partial charge on any atom is 0.307 e. The van der Waals surface area contributed by atoms with Crippen molar-refractivity contribution < 1.29 is 40.7 Å². The molecule has 0 aromatic heterocycles. The zero-order valence-electron chi connectivity index (χ0n) is 15.9. The van der Waals surface area contributed by atoms with Crippen LogP contribution in [0, 0.1) is 34.9 Å². The van der Waals surface area contributed by atoms with E-state index in [2.05, 4.69) is 10.1 Å². The molecule has 0 unspecified atom stereocenters. The van der Waals surface area contributed by atoms with Gasteiger partial charge in [0.25, 0.3) is 0 Å². The first kappa shape index (κ1) is 24.9. The molecule has 2 aromatic carbocycles. The Bertz CT molecular complexity index is 1010. The lowest BCUT2D eigenvalue weighted by molar-refractivity contribution is -0.140. The number of esters is 1. The number of thioether (sulfide) groups is 1. The molecule has 2 aromatic rings. The molecule has 168 valence electrons. The predicted octanol–water partition coefficient (Wildman–Crippen LogP) is 5.00. The summed E-state index contributed by atoms with van der Waals surface area (Å²) in [7, 11) is 1.18. The number of carbonyl (C=O) groups is 2. The Morgan fingerprint density at radius 2 is 1.58 bits per heavy atom. The standard InChI is InChI=1S/C19H14ClF6NO3S/c1-7(19(29)27-4-3-12(28)30-2)31-11-5-8(10(21)6-9(11)20)13-14(22)16(24)18(26)17(25)15(13)23/h5-7H,3-4H2,1-2H3,(H,27,29)/t7-/m0/s1. The van der Waals surface area contributed by atoms with E-state index in [1.807, 2.05) is 0 Å². The summed E-state index contributed by atoms with van der Waals surface area (Å²) in [6, 6.07) is 1.43. The fourth-order valence-electron chi connectivity index (χ4n) is 2.43. The van der Waals surface area contributed by atoms with Crippen molar-refractivity contribution in [2.24, 2.45) is 0 Å². The average molecular weight is 486 g/mol. The highest BCUT2D eigenvalue weighted by Crippen LogP contribution is 2.39. The van der Waals surface area contributed by atoms with Gasteiger partial charge in [-0.1, -0.05) is 11.6 Å². The second kappa shape index (κ2) is 10.3. The summed E-state index contributed by atoms with van der Waals surface area (Å²) in [6.07, 6.45) is -0.0820. The number of benzene rings is 2. The van der Waals surface area contributed by atoms with Crippen LogP contribution in [0.15, 0.2) is 17.0 Å². The highest BCUT2D eigenvalue weighted by atomic mass is 35.5. The Kier molecular flexibility index (Phi) is 8.24. The number of amides is 1. The van der Waals surface area contributed by atoms with Crippen molar-refractivity contribution in [2.45, 2.75) is 23.5 Å². The Morgan fingerprint density at radius 3 is 2.13 bits per heavy atom. The Morgan fingerprint density at radius 1 is 1.03 bits per heavy atom. The summed E-state index contributed by atoms with van der Waals surface area (Å²) in [4.78, 5) is 23.1. The molecular formula is C19H14ClF6NO3S. The molecule has 0 radical (unpaired) electrons. The maximum atomic E-state index is 14.3. The van der Waals surface area contributed by atoms with E-state index in [-0.39, 0.29) is 22.9 Å². The molecule has 1 atom stereocenters. The SMILES string of the molecule is COC(=O)CCNC(=O)[C@H](C)Sc1cc(-c2c(F)c(F)c(F)c(F)c2F)c(F)cc1Cl. The Labute approximate surface area is 181 Å². The fourth-order valence-corrected chi connectivity index (χ4v) is 3.64. The first-order valence-corrected chi connectivity index (χ1v) is 9.77. The van der Waals surface area contributed by atoms with E-state index in [4.69, 9.17) is 11.6 Å². The number of methoxy groups -OCH3 is 1. The van der Waals surface area contributed by atoms with Crippen LogP contribution < -0.4 is 5.32 Å². The summed E-state index contributed by atoms with van der Waals surface area (Å²) in [5.41, 5.74) is -2.37. The molecule has 0 heterocycles. The normalized spacial score (nSPS) is 11.9. The molecule has 12 heteroatoms. The van der Waals surface area contributed by atoms with Crippen molar-refractivity contribution in [1.29, 1.82) is 0 Å². The Balaban J connectivity index is 2.35. The quantitative estimate of drug-likeness (QED) is 0.197. The molecule has 4 nitrogen and oxygen atoms in total. The molecule has 0 saturated heterocycles. The van der Waals surface area contributed by atoms with Gasteiger partial charge in [0.15, 0.2) is 23.3 Å².